The molecule has 1 N–H and O–H groups in total. The van der Waals surface area contributed by atoms with Gasteiger partial charge in [0.2, 0.25) is 11.8 Å². The van der Waals surface area contributed by atoms with Crippen LogP contribution in [0.4, 0.5) is 5.69 Å². The van der Waals surface area contributed by atoms with Crippen LogP contribution < -0.4 is 14.4 Å². The Morgan fingerprint density at radius 3 is 2.09 bits per heavy atom. The van der Waals surface area contributed by atoms with Crippen LogP contribution in [0.3, 0.4) is 0 Å². The third-order valence-electron chi connectivity index (χ3n) is 7.08. The van der Waals surface area contributed by atoms with Gasteiger partial charge in [-0.1, -0.05) is 70.0 Å². The first-order chi connectivity index (χ1) is 22.0. The zero-order valence-electron chi connectivity index (χ0n) is 25.9. The Balaban J connectivity index is 1.80. The predicted octanol–water partition coefficient (Wildman–Crippen LogP) is 6.86. The molecule has 242 valence electrons. The number of carbonyl (C=O) groups is 2. The van der Waals surface area contributed by atoms with E-state index < -0.39 is 28.5 Å². The number of sulfonamides is 1. The zero-order chi connectivity index (χ0) is 33.3. The van der Waals surface area contributed by atoms with Crippen LogP contribution in [0.2, 0.25) is 5.02 Å². The molecule has 0 heterocycles. The van der Waals surface area contributed by atoms with Crippen molar-refractivity contribution < 1.29 is 22.7 Å². The van der Waals surface area contributed by atoms with Crippen LogP contribution in [0, 0.1) is 0 Å². The Bertz CT molecular complexity index is 1700. The fourth-order valence-corrected chi connectivity index (χ4v) is 6.66. The minimum atomic E-state index is -4.22. The summed E-state index contributed by atoms with van der Waals surface area (Å²) in [5.74, 6) is -0.329. The largest absolute Gasteiger partial charge is 0.494 e. The van der Waals surface area contributed by atoms with Crippen molar-refractivity contribution in [2.75, 3.05) is 17.5 Å². The van der Waals surface area contributed by atoms with Gasteiger partial charge in [-0.3, -0.25) is 13.9 Å². The van der Waals surface area contributed by atoms with E-state index in [4.69, 9.17) is 16.3 Å². The summed E-state index contributed by atoms with van der Waals surface area (Å²) in [4.78, 5) is 29.7. The lowest BCUT2D eigenvalue weighted by Crippen LogP contribution is -2.54. The summed E-state index contributed by atoms with van der Waals surface area (Å²) in [5, 5.41) is 3.48. The molecule has 0 aromatic heterocycles. The molecule has 2 amide bonds. The molecule has 8 nitrogen and oxygen atoms in total. The lowest BCUT2D eigenvalue weighted by atomic mass is 10.0. The maximum absolute atomic E-state index is 14.5. The molecule has 0 bridgehead atoms. The molecule has 4 aromatic rings. The van der Waals surface area contributed by atoms with Gasteiger partial charge in [0.05, 0.1) is 17.2 Å². The maximum Gasteiger partial charge on any atom is 0.264 e. The van der Waals surface area contributed by atoms with Gasteiger partial charge in [0.15, 0.2) is 0 Å². The molecule has 0 saturated carbocycles. The molecular weight excluding hydrogens is 690 g/mol. The van der Waals surface area contributed by atoms with Gasteiger partial charge in [0, 0.05) is 28.5 Å². The van der Waals surface area contributed by atoms with Crippen molar-refractivity contribution in [1.82, 2.24) is 10.2 Å². The van der Waals surface area contributed by atoms with Crippen molar-refractivity contribution in [3.05, 3.63) is 124 Å². The monoisotopic (exact) mass is 725 g/mol. The van der Waals surface area contributed by atoms with Crippen LogP contribution >= 0.6 is 27.5 Å². The molecule has 0 radical (unpaired) electrons. The molecule has 0 aliphatic rings. The van der Waals surface area contributed by atoms with E-state index in [1.54, 1.807) is 60.7 Å². The third-order valence-corrected chi connectivity index (χ3v) is 9.65. The Hall–Kier alpha value is -3.86. The number of nitrogens with one attached hydrogen (secondary N) is 1. The lowest BCUT2D eigenvalue weighted by Gasteiger charge is -2.34. The van der Waals surface area contributed by atoms with Gasteiger partial charge in [-0.25, -0.2) is 8.42 Å². The Labute approximate surface area is 284 Å². The second-order valence-corrected chi connectivity index (χ2v) is 14.1. The number of ether oxygens (including phenoxy) is 1. The average Bonchev–Trinajstić information content (AvgIpc) is 3.03. The standard InChI is InChI=1S/C35H37BrClN3O5S/c1-4-45-31-18-16-30(17-19-31)40(46(43,44)32-20-12-28(36)13-21-32)24-34(41)39(23-27-10-14-29(37)15-11-27)33(35(42)38-25(2)3)22-26-8-6-5-7-9-26/h5-21,25,33H,4,22-24H2,1-3H3,(H,38,42). The molecule has 0 spiro atoms. The molecule has 0 fully saturated rings. The normalized spacial score (nSPS) is 12.0. The number of hydrogen-bond donors (Lipinski definition) is 1. The molecule has 1 atom stereocenters. The van der Waals surface area contributed by atoms with Crippen LogP contribution in [-0.2, 0) is 32.6 Å². The molecule has 0 aliphatic heterocycles. The smallest absolute Gasteiger partial charge is 0.264 e. The van der Waals surface area contributed by atoms with E-state index in [0.717, 1.165) is 15.4 Å². The summed E-state index contributed by atoms with van der Waals surface area (Å²) in [7, 11) is -4.22. The Kier molecular flexibility index (Phi) is 12.3. The first kappa shape index (κ1) is 35.0. The Morgan fingerprint density at radius 2 is 1.50 bits per heavy atom. The molecule has 0 aliphatic carbocycles. The first-order valence-corrected chi connectivity index (χ1v) is 17.5. The van der Waals surface area contributed by atoms with E-state index in [0.29, 0.717) is 21.9 Å². The zero-order valence-corrected chi connectivity index (χ0v) is 29.1. The highest BCUT2D eigenvalue weighted by atomic mass is 79.9. The van der Waals surface area contributed by atoms with Gasteiger partial charge in [0.1, 0.15) is 18.3 Å². The van der Waals surface area contributed by atoms with Crippen LogP contribution in [0.25, 0.3) is 0 Å². The molecule has 11 heteroatoms. The van der Waals surface area contributed by atoms with E-state index in [9.17, 15) is 18.0 Å². The first-order valence-electron chi connectivity index (χ1n) is 14.9. The number of anilines is 1. The molecule has 4 rings (SSSR count). The van der Waals surface area contributed by atoms with Crippen LogP contribution in [-0.4, -0.2) is 50.4 Å². The second-order valence-electron chi connectivity index (χ2n) is 10.9. The summed E-state index contributed by atoms with van der Waals surface area (Å²) >= 11 is 9.50. The van der Waals surface area contributed by atoms with Crippen LogP contribution in [0.5, 0.6) is 5.75 Å². The van der Waals surface area contributed by atoms with E-state index in [1.165, 1.54) is 17.0 Å². The summed E-state index contributed by atoms with van der Waals surface area (Å²) in [5.41, 5.74) is 1.86. The van der Waals surface area contributed by atoms with Gasteiger partial charge in [-0.05, 0) is 92.6 Å². The van der Waals surface area contributed by atoms with Crippen LogP contribution in [0.1, 0.15) is 31.9 Å². The van der Waals surface area contributed by atoms with Gasteiger partial charge >= 0.3 is 0 Å². The summed E-state index contributed by atoms with van der Waals surface area (Å²) in [6.45, 7) is 5.49. The van der Waals surface area contributed by atoms with Crippen molar-refractivity contribution in [3.8, 4) is 5.75 Å². The van der Waals surface area contributed by atoms with Crippen molar-refractivity contribution in [3.63, 3.8) is 0 Å². The number of amides is 2. The highest BCUT2D eigenvalue weighted by molar-refractivity contribution is 9.10. The quantitative estimate of drug-likeness (QED) is 0.153. The van der Waals surface area contributed by atoms with E-state index >= 15 is 0 Å². The fourth-order valence-electron chi connectivity index (χ4n) is 4.86. The minimum absolute atomic E-state index is 0.0139. The van der Waals surface area contributed by atoms with Gasteiger partial charge in [0.25, 0.3) is 10.0 Å². The number of benzene rings is 4. The Morgan fingerprint density at radius 1 is 0.870 bits per heavy atom. The third kappa shape index (κ3) is 9.34. The average molecular weight is 727 g/mol. The highest BCUT2D eigenvalue weighted by Crippen LogP contribution is 2.28. The second kappa shape index (κ2) is 16.1. The predicted molar refractivity (Wildman–Crippen MR) is 185 cm³/mol. The SMILES string of the molecule is CCOc1ccc(N(CC(=O)N(Cc2ccc(Cl)cc2)C(Cc2ccccc2)C(=O)NC(C)C)S(=O)(=O)c2ccc(Br)cc2)cc1. The fraction of sp³-hybridized carbons (Fsp3) is 0.257. The highest BCUT2D eigenvalue weighted by Gasteiger charge is 2.35. The van der Waals surface area contributed by atoms with Crippen molar-refractivity contribution in [1.29, 1.82) is 0 Å². The molecular formula is C35H37BrClN3O5S. The van der Waals surface area contributed by atoms with Gasteiger partial charge < -0.3 is 15.0 Å². The molecule has 4 aromatic carbocycles. The number of halogens is 2. The lowest BCUT2D eigenvalue weighted by molar-refractivity contribution is -0.140. The minimum Gasteiger partial charge on any atom is -0.494 e. The maximum atomic E-state index is 14.5. The number of carbonyl (C=O) groups excluding carboxylic acids is 2. The van der Waals surface area contributed by atoms with E-state index in [1.807, 2.05) is 51.1 Å². The summed E-state index contributed by atoms with van der Waals surface area (Å²) < 4.78 is 35.7. The molecule has 0 saturated heterocycles. The van der Waals surface area contributed by atoms with Crippen LogP contribution in [0.15, 0.2) is 112 Å². The van der Waals surface area contributed by atoms with E-state index in [-0.39, 0.29) is 35.5 Å². The number of rotatable bonds is 14. The van der Waals surface area contributed by atoms with E-state index in [2.05, 4.69) is 21.2 Å². The summed E-state index contributed by atoms with van der Waals surface area (Å²) in [6.07, 6.45) is 0.223. The number of hydrogen-bond acceptors (Lipinski definition) is 5. The van der Waals surface area contributed by atoms with Gasteiger partial charge in [-0.15, -0.1) is 0 Å². The van der Waals surface area contributed by atoms with Crippen molar-refractivity contribution in [2.24, 2.45) is 0 Å². The topological polar surface area (TPSA) is 96.0 Å². The number of nitrogens with zero attached hydrogens (tertiary/aromatic N) is 2. The van der Waals surface area contributed by atoms with Crippen molar-refractivity contribution in [2.45, 2.75) is 50.7 Å². The van der Waals surface area contributed by atoms with Gasteiger partial charge in [-0.2, -0.15) is 0 Å². The molecule has 46 heavy (non-hydrogen) atoms. The molecule has 1 unspecified atom stereocenters. The summed E-state index contributed by atoms with van der Waals surface area (Å²) in [6, 6.07) is 28.0. The van der Waals surface area contributed by atoms with Crippen molar-refractivity contribution >= 4 is 55.1 Å².